The van der Waals surface area contributed by atoms with Crippen molar-refractivity contribution in [3.05, 3.63) is 10.5 Å². The molecule has 0 aliphatic rings. The molecule has 7 nitrogen and oxygen atoms in total. The van der Waals surface area contributed by atoms with Crippen LogP contribution in [-0.4, -0.2) is 46.2 Å². The minimum Gasteiger partial charge on any atom is -0.468 e. The van der Waals surface area contributed by atoms with Crippen LogP contribution in [-0.2, 0) is 16.6 Å². The SMILES string of the molecule is CCNC(CSc1n[nH]c(=O)n1C)C(=O)OC. The van der Waals surface area contributed by atoms with Crippen LogP contribution >= 0.6 is 11.8 Å². The molecule has 1 unspecified atom stereocenters. The molecule has 1 aromatic heterocycles. The average Bonchev–Trinajstić information content (AvgIpc) is 2.65. The Bertz CT molecular complexity index is 428. The van der Waals surface area contributed by atoms with E-state index >= 15 is 0 Å². The van der Waals surface area contributed by atoms with Gasteiger partial charge in [-0.2, -0.15) is 0 Å². The van der Waals surface area contributed by atoms with Gasteiger partial charge in [-0.3, -0.25) is 9.36 Å². The number of carbonyl (C=O) groups is 1. The lowest BCUT2D eigenvalue weighted by atomic mass is 10.3. The van der Waals surface area contributed by atoms with Crippen molar-refractivity contribution in [2.45, 2.75) is 18.1 Å². The van der Waals surface area contributed by atoms with E-state index in [0.29, 0.717) is 17.5 Å². The summed E-state index contributed by atoms with van der Waals surface area (Å²) in [6.07, 6.45) is 0. The Morgan fingerprint density at radius 2 is 2.41 bits per heavy atom. The summed E-state index contributed by atoms with van der Waals surface area (Å²) in [5, 5.41) is 9.73. The number of ether oxygens (including phenoxy) is 1. The molecule has 0 fully saturated rings. The minimum absolute atomic E-state index is 0.273. The fourth-order valence-electron chi connectivity index (χ4n) is 1.22. The average molecular weight is 260 g/mol. The Morgan fingerprint density at radius 1 is 1.71 bits per heavy atom. The van der Waals surface area contributed by atoms with Crippen LogP contribution in [0.5, 0.6) is 0 Å². The first-order valence-electron chi connectivity index (χ1n) is 5.15. The normalized spacial score (nSPS) is 12.4. The Labute approximate surface area is 103 Å². The molecule has 0 bridgehead atoms. The number of aromatic amines is 1. The second kappa shape index (κ2) is 6.45. The van der Waals surface area contributed by atoms with Gasteiger partial charge in [-0.25, -0.2) is 9.89 Å². The highest BCUT2D eigenvalue weighted by atomic mass is 32.2. The number of methoxy groups -OCH3 is 1. The number of carbonyl (C=O) groups excluding carboxylic acids is 1. The van der Waals surface area contributed by atoms with Crippen molar-refractivity contribution in [2.24, 2.45) is 7.05 Å². The van der Waals surface area contributed by atoms with E-state index in [4.69, 9.17) is 0 Å². The second-order valence-electron chi connectivity index (χ2n) is 3.31. The third-order valence-electron chi connectivity index (χ3n) is 2.15. The zero-order chi connectivity index (χ0) is 12.8. The summed E-state index contributed by atoms with van der Waals surface area (Å²) in [5.74, 6) is 0.137. The molecule has 8 heteroatoms. The van der Waals surface area contributed by atoms with E-state index in [-0.39, 0.29) is 11.7 Å². The molecule has 0 amide bonds. The number of thioether (sulfide) groups is 1. The molecule has 1 heterocycles. The molecule has 1 atom stereocenters. The highest BCUT2D eigenvalue weighted by Gasteiger charge is 2.19. The topological polar surface area (TPSA) is 89.0 Å². The number of hydrogen-bond donors (Lipinski definition) is 2. The number of H-pyrrole nitrogens is 1. The van der Waals surface area contributed by atoms with Crippen molar-refractivity contribution in [3.63, 3.8) is 0 Å². The summed E-state index contributed by atoms with van der Waals surface area (Å²) in [7, 11) is 2.97. The van der Waals surface area contributed by atoms with Crippen LogP contribution in [0.1, 0.15) is 6.92 Å². The molecule has 1 aromatic rings. The third kappa shape index (κ3) is 3.60. The van der Waals surface area contributed by atoms with Crippen LogP contribution in [0.25, 0.3) is 0 Å². The lowest BCUT2D eigenvalue weighted by Crippen LogP contribution is -2.39. The van der Waals surface area contributed by atoms with E-state index in [1.165, 1.54) is 23.4 Å². The van der Waals surface area contributed by atoms with E-state index in [2.05, 4.69) is 20.3 Å². The fourth-order valence-corrected chi connectivity index (χ4v) is 2.17. The smallest absolute Gasteiger partial charge is 0.343 e. The highest BCUT2D eigenvalue weighted by molar-refractivity contribution is 7.99. The lowest BCUT2D eigenvalue weighted by Gasteiger charge is -2.14. The number of nitrogens with zero attached hydrogens (tertiary/aromatic N) is 2. The van der Waals surface area contributed by atoms with Gasteiger partial charge >= 0.3 is 11.7 Å². The summed E-state index contributed by atoms with van der Waals surface area (Å²) >= 11 is 1.32. The van der Waals surface area contributed by atoms with Gasteiger partial charge < -0.3 is 10.1 Å². The van der Waals surface area contributed by atoms with E-state index in [9.17, 15) is 9.59 Å². The van der Waals surface area contributed by atoms with Crippen LogP contribution in [0.4, 0.5) is 0 Å². The Balaban J connectivity index is 2.60. The minimum atomic E-state index is -0.401. The van der Waals surface area contributed by atoms with Gasteiger partial charge in [-0.1, -0.05) is 18.7 Å². The van der Waals surface area contributed by atoms with Crippen LogP contribution in [0.15, 0.2) is 9.95 Å². The van der Waals surface area contributed by atoms with E-state index < -0.39 is 6.04 Å². The van der Waals surface area contributed by atoms with Crippen molar-refractivity contribution >= 4 is 17.7 Å². The molecule has 0 radical (unpaired) electrons. The van der Waals surface area contributed by atoms with Crippen molar-refractivity contribution < 1.29 is 9.53 Å². The first-order valence-corrected chi connectivity index (χ1v) is 6.14. The molecule has 0 saturated heterocycles. The summed E-state index contributed by atoms with van der Waals surface area (Å²) in [5.41, 5.74) is -0.273. The number of likely N-dealkylation sites (N-methyl/N-ethyl adjacent to an activating group) is 1. The molecule has 0 aliphatic heterocycles. The van der Waals surface area contributed by atoms with Crippen molar-refractivity contribution in [2.75, 3.05) is 19.4 Å². The molecular weight excluding hydrogens is 244 g/mol. The molecule has 0 spiro atoms. The molecule has 96 valence electrons. The Kier molecular flexibility index (Phi) is 5.23. The molecular formula is C9H16N4O3S. The summed E-state index contributed by atoms with van der Waals surface area (Å²) < 4.78 is 6.07. The van der Waals surface area contributed by atoms with Gasteiger partial charge in [0.15, 0.2) is 5.16 Å². The zero-order valence-corrected chi connectivity index (χ0v) is 10.8. The molecule has 0 saturated carbocycles. The van der Waals surface area contributed by atoms with Gasteiger partial charge in [0.1, 0.15) is 6.04 Å². The number of esters is 1. The summed E-state index contributed by atoms with van der Waals surface area (Å²) in [4.78, 5) is 22.5. The van der Waals surface area contributed by atoms with E-state index in [1.807, 2.05) is 6.92 Å². The van der Waals surface area contributed by atoms with Crippen LogP contribution in [0.3, 0.4) is 0 Å². The number of aromatic nitrogens is 3. The predicted molar refractivity (Wildman–Crippen MR) is 64.0 cm³/mol. The number of rotatable bonds is 6. The summed E-state index contributed by atoms with van der Waals surface area (Å²) in [6, 6.07) is -0.401. The largest absolute Gasteiger partial charge is 0.468 e. The van der Waals surface area contributed by atoms with E-state index in [1.54, 1.807) is 7.05 Å². The fraction of sp³-hybridized carbons (Fsp3) is 0.667. The molecule has 1 rings (SSSR count). The van der Waals surface area contributed by atoms with Crippen LogP contribution in [0, 0.1) is 0 Å². The monoisotopic (exact) mass is 260 g/mol. The van der Waals surface area contributed by atoms with Gasteiger partial charge in [0.2, 0.25) is 0 Å². The van der Waals surface area contributed by atoms with Gasteiger partial charge in [0.05, 0.1) is 7.11 Å². The van der Waals surface area contributed by atoms with E-state index in [0.717, 1.165) is 0 Å². The maximum Gasteiger partial charge on any atom is 0.343 e. The summed E-state index contributed by atoms with van der Waals surface area (Å²) in [6.45, 7) is 2.57. The quantitative estimate of drug-likeness (QED) is 0.522. The molecule has 17 heavy (non-hydrogen) atoms. The highest BCUT2D eigenvalue weighted by Crippen LogP contribution is 2.13. The Hall–Kier alpha value is -1.28. The molecule has 2 N–H and O–H groups in total. The van der Waals surface area contributed by atoms with Gasteiger partial charge in [-0.15, -0.1) is 5.10 Å². The predicted octanol–water partition coefficient (Wildman–Crippen LogP) is -0.648. The van der Waals surface area contributed by atoms with Crippen LogP contribution < -0.4 is 11.0 Å². The molecule has 0 aromatic carbocycles. The van der Waals surface area contributed by atoms with Gasteiger partial charge in [-0.05, 0) is 6.54 Å². The zero-order valence-electron chi connectivity index (χ0n) is 10.0. The second-order valence-corrected chi connectivity index (χ2v) is 4.30. The third-order valence-corrected chi connectivity index (χ3v) is 3.28. The lowest BCUT2D eigenvalue weighted by molar-refractivity contribution is -0.142. The van der Waals surface area contributed by atoms with Gasteiger partial charge in [0.25, 0.3) is 0 Å². The maximum absolute atomic E-state index is 11.4. The molecule has 0 aliphatic carbocycles. The van der Waals surface area contributed by atoms with Gasteiger partial charge in [0, 0.05) is 12.8 Å². The number of hydrogen-bond acceptors (Lipinski definition) is 6. The van der Waals surface area contributed by atoms with Crippen LogP contribution in [0.2, 0.25) is 0 Å². The Morgan fingerprint density at radius 3 is 2.88 bits per heavy atom. The van der Waals surface area contributed by atoms with Crippen molar-refractivity contribution in [1.82, 2.24) is 20.1 Å². The van der Waals surface area contributed by atoms with Crippen molar-refractivity contribution in [1.29, 1.82) is 0 Å². The first-order chi connectivity index (χ1) is 8.10. The number of nitrogens with one attached hydrogen (secondary N) is 2. The van der Waals surface area contributed by atoms with Crippen molar-refractivity contribution in [3.8, 4) is 0 Å². The first kappa shape index (κ1) is 13.8. The maximum atomic E-state index is 11.4. The standard InChI is InChI=1S/C9H16N4O3S/c1-4-10-6(7(14)16-3)5-17-9-12-11-8(15)13(9)2/h6,10H,4-5H2,1-3H3,(H,11,15).